The van der Waals surface area contributed by atoms with Crippen molar-refractivity contribution >= 4 is 21.9 Å². The van der Waals surface area contributed by atoms with Gasteiger partial charge in [0.15, 0.2) is 0 Å². The number of rotatable bonds is 4. The Morgan fingerprint density at radius 1 is 1.50 bits per heavy atom. The molecular weight excluding hydrogens is 296 g/mol. The van der Waals surface area contributed by atoms with Crippen LogP contribution in [-0.4, -0.2) is 18.2 Å². The minimum atomic E-state index is -0.743. The molecule has 1 aromatic rings. The lowest BCUT2D eigenvalue weighted by molar-refractivity contribution is -0.137. The van der Waals surface area contributed by atoms with E-state index in [-0.39, 0.29) is 11.8 Å². The van der Waals surface area contributed by atoms with E-state index in [1.54, 1.807) is 7.11 Å². The molecular formula is C14H17BrO3. The number of hydrogen-bond acceptors (Lipinski definition) is 2. The van der Waals surface area contributed by atoms with Crippen molar-refractivity contribution in [1.82, 2.24) is 0 Å². The summed E-state index contributed by atoms with van der Waals surface area (Å²) in [5.41, 5.74) is 3.00. The van der Waals surface area contributed by atoms with E-state index in [0.29, 0.717) is 0 Å². The molecule has 0 atom stereocenters. The highest BCUT2D eigenvalue weighted by atomic mass is 79.9. The maximum atomic E-state index is 11.0. The lowest BCUT2D eigenvalue weighted by Gasteiger charge is -2.21. The van der Waals surface area contributed by atoms with Crippen molar-refractivity contribution in [1.29, 1.82) is 0 Å². The number of ether oxygens (including phenoxy) is 1. The topological polar surface area (TPSA) is 46.5 Å². The molecule has 1 aliphatic carbocycles. The van der Waals surface area contributed by atoms with Gasteiger partial charge >= 0.3 is 5.97 Å². The van der Waals surface area contributed by atoms with E-state index in [0.717, 1.165) is 39.8 Å². The van der Waals surface area contributed by atoms with Gasteiger partial charge in [-0.05, 0) is 32.3 Å². The van der Waals surface area contributed by atoms with Crippen LogP contribution in [0.3, 0.4) is 0 Å². The van der Waals surface area contributed by atoms with Crippen LogP contribution in [0.2, 0.25) is 0 Å². The highest BCUT2D eigenvalue weighted by Gasteiger charge is 2.48. The summed E-state index contributed by atoms with van der Waals surface area (Å²) in [6, 6.07) is 2.06. The molecule has 1 fully saturated rings. The van der Waals surface area contributed by atoms with Gasteiger partial charge in [-0.25, -0.2) is 0 Å². The smallest absolute Gasteiger partial charge is 0.304 e. The second-order valence-corrected chi connectivity index (χ2v) is 5.86. The molecule has 2 rings (SSSR count). The number of aliphatic carboxylic acids is 1. The van der Waals surface area contributed by atoms with Crippen LogP contribution in [0, 0.1) is 13.8 Å². The molecule has 1 saturated carbocycles. The van der Waals surface area contributed by atoms with Gasteiger partial charge < -0.3 is 9.84 Å². The number of aryl methyl sites for hydroxylation is 1. The van der Waals surface area contributed by atoms with Crippen molar-refractivity contribution in [2.24, 2.45) is 0 Å². The Kier molecular flexibility index (Phi) is 3.41. The van der Waals surface area contributed by atoms with Crippen LogP contribution in [0.25, 0.3) is 0 Å². The molecule has 0 amide bonds. The Labute approximate surface area is 115 Å². The molecule has 0 bridgehead atoms. The largest absolute Gasteiger partial charge is 0.496 e. The van der Waals surface area contributed by atoms with Crippen LogP contribution < -0.4 is 4.74 Å². The second-order valence-electron chi connectivity index (χ2n) is 5.06. The number of methoxy groups -OCH3 is 1. The lowest BCUT2D eigenvalue weighted by Crippen LogP contribution is -2.15. The Morgan fingerprint density at radius 2 is 2.11 bits per heavy atom. The molecule has 0 radical (unpaired) electrons. The fourth-order valence-electron chi connectivity index (χ4n) is 2.58. The van der Waals surface area contributed by atoms with Crippen molar-refractivity contribution < 1.29 is 14.6 Å². The van der Waals surface area contributed by atoms with Crippen molar-refractivity contribution in [3.05, 3.63) is 27.2 Å². The number of carboxylic acid groups (broad SMARTS) is 1. The van der Waals surface area contributed by atoms with Gasteiger partial charge in [0.05, 0.1) is 13.5 Å². The first-order valence-corrected chi connectivity index (χ1v) is 6.76. The second kappa shape index (κ2) is 4.57. The summed E-state index contributed by atoms with van der Waals surface area (Å²) in [6.45, 7) is 4.02. The van der Waals surface area contributed by atoms with Gasteiger partial charge in [-0.2, -0.15) is 0 Å². The quantitative estimate of drug-likeness (QED) is 0.924. The molecule has 1 N–H and O–H groups in total. The third-order valence-corrected chi connectivity index (χ3v) is 4.96. The van der Waals surface area contributed by atoms with Gasteiger partial charge in [-0.1, -0.05) is 22.0 Å². The fourth-order valence-corrected chi connectivity index (χ4v) is 2.88. The Bertz CT molecular complexity index is 504. The average molecular weight is 313 g/mol. The van der Waals surface area contributed by atoms with Crippen LogP contribution in [0.4, 0.5) is 0 Å². The summed E-state index contributed by atoms with van der Waals surface area (Å²) in [7, 11) is 1.64. The van der Waals surface area contributed by atoms with E-state index >= 15 is 0 Å². The zero-order valence-corrected chi connectivity index (χ0v) is 12.4. The van der Waals surface area contributed by atoms with E-state index in [1.807, 2.05) is 13.8 Å². The highest BCUT2D eigenvalue weighted by Crippen LogP contribution is 2.55. The van der Waals surface area contributed by atoms with Crippen LogP contribution in [0.5, 0.6) is 5.75 Å². The first-order chi connectivity index (χ1) is 8.41. The Hall–Kier alpha value is -1.03. The average Bonchev–Trinajstić information content (AvgIpc) is 3.05. The van der Waals surface area contributed by atoms with E-state index < -0.39 is 5.97 Å². The molecule has 0 heterocycles. The van der Waals surface area contributed by atoms with Gasteiger partial charge in [-0.15, -0.1) is 0 Å². The van der Waals surface area contributed by atoms with Crippen molar-refractivity contribution in [3.63, 3.8) is 0 Å². The van der Waals surface area contributed by atoms with Gasteiger partial charge in [0.25, 0.3) is 0 Å². The standard InChI is InChI=1S/C14H17BrO3/c1-8-6-10(13(18-3)9(2)12(8)15)14(4-5-14)7-11(16)17/h6H,4-5,7H2,1-3H3,(H,16,17). The first kappa shape index (κ1) is 13.4. The summed E-state index contributed by atoms with van der Waals surface area (Å²) in [5, 5.41) is 9.06. The lowest BCUT2D eigenvalue weighted by atomic mass is 9.89. The molecule has 0 saturated heterocycles. The van der Waals surface area contributed by atoms with Crippen molar-refractivity contribution in [2.45, 2.75) is 38.5 Å². The molecule has 0 aromatic heterocycles. The number of carboxylic acids is 1. The molecule has 0 unspecified atom stereocenters. The first-order valence-electron chi connectivity index (χ1n) is 5.97. The summed E-state index contributed by atoms with van der Waals surface area (Å²) in [4.78, 5) is 11.0. The van der Waals surface area contributed by atoms with Crippen LogP contribution in [0.1, 0.15) is 36.0 Å². The third-order valence-electron chi connectivity index (χ3n) is 3.74. The van der Waals surface area contributed by atoms with Gasteiger partial charge in [0.2, 0.25) is 0 Å². The number of benzene rings is 1. The zero-order chi connectivity index (χ0) is 13.5. The van der Waals surface area contributed by atoms with Gasteiger partial charge in [-0.3, -0.25) is 4.79 Å². The van der Waals surface area contributed by atoms with Crippen LogP contribution >= 0.6 is 15.9 Å². The molecule has 0 aliphatic heterocycles. The van der Waals surface area contributed by atoms with E-state index in [1.165, 1.54) is 0 Å². The minimum absolute atomic E-state index is 0.184. The number of halogens is 1. The van der Waals surface area contributed by atoms with Gasteiger partial charge in [0, 0.05) is 21.0 Å². The number of hydrogen-bond donors (Lipinski definition) is 1. The van der Waals surface area contributed by atoms with Crippen LogP contribution in [-0.2, 0) is 10.2 Å². The predicted octanol–water partition coefficient (Wildman–Crippen LogP) is 3.58. The normalized spacial score (nSPS) is 16.4. The minimum Gasteiger partial charge on any atom is -0.496 e. The summed E-state index contributed by atoms with van der Waals surface area (Å²) in [6.07, 6.45) is 2.04. The molecule has 18 heavy (non-hydrogen) atoms. The molecule has 4 heteroatoms. The molecule has 3 nitrogen and oxygen atoms in total. The molecule has 98 valence electrons. The summed E-state index contributed by atoms with van der Waals surface area (Å²) < 4.78 is 6.53. The Balaban J connectivity index is 2.54. The molecule has 1 aromatic carbocycles. The number of carbonyl (C=O) groups is 1. The predicted molar refractivity (Wildman–Crippen MR) is 73.3 cm³/mol. The SMILES string of the molecule is COc1c(C2(CC(=O)O)CC2)cc(C)c(Br)c1C. The van der Waals surface area contributed by atoms with Crippen LogP contribution in [0.15, 0.2) is 10.5 Å². The third kappa shape index (κ3) is 2.14. The maximum absolute atomic E-state index is 11.0. The van der Waals surface area contributed by atoms with E-state index in [2.05, 4.69) is 22.0 Å². The van der Waals surface area contributed by atoms with E-state index in [4.69, 9.17) is 9.84 Å². The van der Waals surface area contributed by atoms with Crippen molar-refractivity contribution in [3.8, 4) is 5.75 Å². The van der Waals surface area contributed by atoms with Gasteiger partial charge in [0.1, 0.15) is 5.75 Å². The summed E-state index contributed by atoms with van der Waals surface area (Å²) in [5.74, 6) is 0.0824. The fraction of sp³-hybridized carbons (Fsp3) is 0.500. The van der Waals surface area contributed by atoms with E-state index in [9.17, 15) is 4.79 Å². The van der Waals surface area contributed by atoms with Crippen molar-refractivity contribution in [2.75, 3.05) is 7.11 Å². The summed E-state index contributed by atoms with van der Waals surface area (Å²) >= 11 is 3.55. The molecule has 0 spiro atoms. The Morgan fingerprint density at radius 3 is 2.56 bits per heavy atom. The highest BCUT2D eigenvalue weighted by molar-refractivity contribution is 9.10. The maximum Gasteiger partial charge on any atom is 0.304 e. The molecule has 1 aliphatic rings. The monoisotopic (exact) mass is 312 g/mol. The zero-order valence-electron chi connectivity index (χ0n) is 10.8.